The maximum atomic E-state index is 13.0. The normalized spacial score (nSPS) is 22.2. The zero-order valence-electron chi connectivity index (χ0n) is 37.0. The van der Waals surface area contributed by atoms with Crippen LogP contribution < -0.4 is 5.32 Å². The molecule has 0 spiro atoms. The Kier molecular flexibility index (Phi) is 35.3. The molecular weight excluding hydrogens is 751 g/mol. The van der Waals surface area contributed by atoms with E-state index >= 15 is 0 Å². The molecule has 59 heavy (non-hydrogen) atoms. The molecule has 11 heteroatoms. The molecule has 1 rings (SSSR count). The summed E-state index contributed by atoms with van der Waals surface area (Å²) in [6, 6.07) is -1.20. The fraction of sp³-hybridized carbons (Fsp3) is 0.812. The van der Waals surface area contributed by atoms with Crippen molar-refractivity contribution < 1.29 is 50.0 Å². The van der Waals surface area contributed by atoms with Gasteiger partial charge in [0.25, 0.3) is 0 Å². The van der Waals surface area contributed by atoms with Crippen molar-refractivity contribution in [1.82, 2.24) is 5.32 Å². The van der Waals surface area contributed by atoms with E-state index < -0.39 is 74.2 Å². The maximum absolute atomic E-state index is 13.0. The standard InChI is InChI=1S/C48H87NO10/c1-3-5-7-9-11-13-15-17-18-19-20-21-22-23-24-26-27-29-31-33-35-40(51)43(53)39(38-58-48-46(56)45(55)44(54)42(37-50)59-48)49-47(57)41(52)36-34-32-30-28-25-16-14-12-10-8-6-4-2/h18-19,22-23,25,27-29,39-46,48,50-56H,3-17,20-21,24,26,30-38H2,1-2H3,(H,49,57)/b19-18+,23-22+,28-25-,29-27+. The molecular formula is C48H87NO10. The van der Waals surface area contributed by atoms with Gasteiger partial charge < -0.3 is 50.5 Å². The minimum absolute atomic E-state index is 0.217. The SMILES string of the molecule is CCCCCCCC/C=C\CCCCC(O)C(=O)NC(COC1OC(CO)C(O)C(O)C1O)C(O)C(O)CCC/C=C/CC/C=C/CC/C=C/CCCCCCCCC. The van der Waals surface area contributed by atoms with Crippen LogP contribution in [0.5, 0.6) is 0 Å². The number of amides is 1. The summed E-state index contributed by atoms with van der Waals surface area (Å²) in [7, 11) is 0. The second-order valence-corrected chi connectivity index (χ2v) is 16.4. The van der Waals surface area contributed by atoms with Crippen molar-refractivity contribution in [2.45, 2.75) is 236 Å². The number of hydrogen-bond donors (Lipinski definition) is 8. The molecule has 344 valence electrons. The molecule has 0 aromatic carbocycles. The number of aliphatic hydroxyl groups is 7. The lowest BCUT2D eigenvalue weighted by molar-refractivity contribution is -0.303. The van der Waals surface area contributed by atoms with Gasteiger partial charge in [-0.15, -0.1) is 0 Å². The number of aliphatic hydroxyl groups excluding tert-OH is 7. The summed E-state index contributed by atoms with van der Waals surface area (Å²) < 4.78 is 11.1. The smallest absolute Gasteiger partial charge is 0.249 e. The highest BCUT2D eigenvalue weighted by atomic mass is 16.7. The lowest BCUT2D eigenvalue weighted by atomic mass is 9.98. The van der Waals surface area contributed by atoms with E-state index in [1.165, 1.54) is 89.9 Å². The van der Waals surface area contributed by atoms with Gasteiger partial charge in [0.2, 0.25) is 5.91 Å². The van der Waals surface area contributed by atoms with Crippen LogP contribution in [0.25, 0.3) is 0 Å². The minimum Gasteiger partial charge on any atom is -0.394 e. The minimum atomic E-state index is -1.68. The summed E-state index contributed by atoms with van der Waals surface area (Å²) >= 11 is 0. The molecule has 9 atom stereocenters. The van der Waals surface area contributed by atoms with E-state index in [1.807, 2.05) is 0 Å². The Balaban J connectivity index is 2.50. The van der Waals surface area contributed by atoms with Gasteiger partial charge in [0.1, 0.15) is 36.6 Å². The van der Waals surface area contributed by atoms with Gasteiger partial charge in [0.15, 0.2) is 6.29 Å². The first-order valence-electron chi connectivity index (χ1n) is 23.5. The van der Waals surface area contributed by atoms with Crippen molar-refractivity contribution in [1.29, 1.82) is 0 Å². The zero-order chi connectivity index (χ0) is 43.4. The number of rotatable bonds is 38. The van der Waals surface area contributed by atoms with Crippen LogP contribution in [0.15, 0.2) is 48.6 Å². The number of carbonyl (C=O) groups excluding carboxylic acids is 1. The number of ether oxygens (including phenoxy) is 2. The molecule has 1 fully saturated rings. The number of unbranched alkanes of at least 4 members (excludes halogenated alkanes) is 18. The van der Waals surface area contributed by atoms with E-state index in [2.05, 4.69) is 67.8 Å². The highest BCUT2D eigenvalue weighted by molar-refractivity contribution is 5.80. The van der Waals surface area contributed by atoms with Gasteiger partial charge in [-0.25, -0.2) is 0 Å². The number of hydrogen-bond acceptors (Lipinski definition) is 10. The molecule has 1 amide bonds. The van der Waals surface area contributed by atoms with Crippen molar-refractivity contribution in [2.24, 2.45) is 0 Å². The molecule has 0 saturated carbocycles. The highest BCUT2D eigenvalue weighted by Gasteiger charge is 2.44. The average Bonchev–Trinajstić information content (AvgIpc) is 3.23. The molecule has 0 aliphatic carbocycles. The first-order valence-corrected chi connectivity index (χ1v) is 23.5. The topological polar surface area (TPSA) is 189 Å². The molecule has 11 nitrogen and oxygen atoms in total. The van der Waals surface area contributed by atoms with E-state index in [4.69, 9.17) is 9.47 Å². The fourth-order valence-electron chi connectivity index (χ4n) is 7.11. The Morgan fingerprint density at radius 1 is 0.576 bits per heavy atom. The Labute approximate surface area is 358 Å². The van der Waals surface area contributed by atoms with E-state index in [-0.39, 0.29) is 12.8 Å². The van der Waals surface area contributed by atoms with Crippen LogP contribution >= 0.6 is 0 Å². The monoisotopic (exact) mass is 838 g/mol. The van der Waals surface area contributed by atoms with Gasteiger partial charge in [-0.05, 0) is 89.9 Å². The molecule has 0 aromatic heterocycles. The lowest BCUT2D eigenvalue weighted by Gasteiger charge is -2.40. The molecule has 8 N–H and O–H groups in total. The third-order valence-electron chi connectivity index (χ3n) is 11.1. The van der Waals surface area contributed by atoms with Crippen molar-refractivity contribution in [2.75, 3.05) is 13.2 Å². The zero-order valence-corrected chi connectivity index (χ0v) is 37.0. The first kappa shape index (κ1) is 55.1. The van der Waals surface area contributed by atoms with E-state index in [1.54, 1.807) is 0 Å². The summed E-state index contributed by atoms with van der Waals surface area (Å²) in [6.45, 7) is 3.37. The quantitative estimate of drug-likeness (QED) is 0.0225. The molecule has 0 bridgehead atoms. The predicted octanol–water partition coefficient (Wildman–Crippen LogP) is 7.78. The predicted molar refractivity (Wildman–Crippen MR) is 238 cm³/mol. The summed E-state index contributed by atoms with van der Waals surface area (Å²) in [4.78, 5) is 13.0. The van der Waals surface area contributed by atoms with Crippen molar-refractivity contribution in [3.63, 3.8) is 0 Å². The summed E-state index contributed by atoms with van der Waals surface area (Å²) in [5.41, 5.74) is 0. The Hall–Kier alpha value is -1.93. The largest absolute Gasteiger partial charge is 0.394 e. The number of nitrogens with one attached hydrogen (secondary N) is 1. The van der Waals surface area contributed by atoms with Crippen molar-refractivity contribution >= 4 is 5.91 Å². The highest BCUT2D eigenvalue weighted by Crippen LogP contribution is 2.23. The van der Waals surface area contributed by atoms with Gasteiger partial charge in [-0.1, -0.05) is 140 Å². The van der Waals surface area contributed by atoms with Crippen LogP contribution in [-0.4, -0.2) is 110 Å². The molecule has 1 aliphatic rings. The Morgan fingerprint density at radius 3 is 1.51 bits per heavy atom. The third-order valence-corrected chi connectivity index (χ3v) is 11.1. The van der Waals surface area contributed by atoms with Gasteiger partial charge in [-0.2, -0.15) is 0 Å². The molecule has 1 heterocycles. The molecule has 1 aliphatic heterocycles. The first-order chi connectivity index (χ1) is 28.7. The van der Waals surface area contributed by atoms with Crippen LogP contribution in [0.4, 0.5) is 0 Å². The van der Waals surface area contributed by atoms with Crippen LogP contribution in [0.3, 0.4) is 0 Å². The van der Waals surface area contributed by atoms with Crippen LogP contribution in [0, 0.1) is 0 Å². The molecule has 1 saturated heterocycles. The van der Waals surface area contributed by atoms with Crippen LogP contribution in [0.1, 0.15) is 181 Å². The summed E-state index contributed by atoms with van der Waals surface area (Å²) in [6.07, 6.45) is 33.1. The second-order valence-electron chi connectivity index (χ2n) is 16.4. The van der Waals surface area contributed by atoms with Crippen LogP contribution in [-0.2, 0) is 14.3 Å². The average molecular weight is 838 g/mol. The third kappa shape index (κ3) is 27.6. The van der Waals surface area contributed by atoms with Gasteiger partial charge in [0, 0.05) is 0 Å². The van der Waals surface area contributed by atoms with Crippen molar-refractivity contribution in [3.8, 4) is 0 Å². The van der Waals surface area contributed by atoms with Gasteiger partial charge in [-0.3, -0.25) is 4.79 Å². The van der Waals surface area contributed by atoms with Crippen molar-refractivity contribution in [3.05, 3.63) is 48.6 Å². The van der Waals surface area contributed by atoms with Crippen LogP contribution in [0.2, 0.25) is 0 Å². The summed E-state index contributed by atoms with van der Waals surface area (Å²) in [5, 5.41) is 75.5. The van der Waals surface area contributed by atoms with Gasteiger partial charge >= 0.3 is 0 Å². The van der Waals surface area contributed by atoms with E-state index in [0.717, 1.165) is 44.9 Å². The lowest BCUT2D eigenvalue weighted by Crippen LogP contribution is -2.60. The molecule has 0 aromatic rings. The molecule has 0 radical (unpaired) electrons. The Bertz CT molecular complexity index is 1100. The Morgan fingerprint density at radius 2 is 1.02 bits per heavy atom. The fourth-order valence-corrected chi connectivity index (χ4v) is 7.11. The van der Waals surface area contributed by atoms with Gasteiger partial charge in [0.05, 0.1) is 25.4 Å². The maximum Gasteiger partial charge on any atom is 0.249 e. The number of allylic oxidation sites excluding steroid dienone is 8. The molecule has 9 unspecified atom stereocenters. The van der Waals surface area contributed by atoms with E-state index in [0.29, 0.717) is 19.3 Å². The second kappa shape index (κ2) is 37.8. The number of carbonyl (C=O) groups is 1. The van der Waals surface area contributed by atoms with E-state index in [9.17, 15) is 40.5 Å². The summed E-state index contributed by atoms with van der Waals surface area (Å²) in [5.74, 6) is -0.732.